The Kier molecular flexibility index (Phi) is 7.56. The van der Waals surface area contributed by atoms with Gasteiger partial charge in [-0.25, -0.2) is 0 Å². The molecular formula is C21H24N2O5. The van der Waals surface area contributed by atoms with Crippen LogP contribution in [0.1, 0.15) is 42.1 Å². The molecule has 0 aliphatic rings. The molecule has 28 heavy (non-hydrogen) atoms. The van der Waals surface area contributed by atoms with Crippen LogP contribution in [0.15, 0.2) is 48.5 Å². The Labute approximate surface area is 163 Å². The fraction of sp³-hybridized carbons (Fsp3) is 0.286. The molecule has 0 spiro atoms. The number of hydrogen-bond acceptors (Lipinski definition) is 4. The first-order valence-electron chi connectivity index (χ1n) is 9.02. The maximum atomic E-state index is 12.2. The highest BCUT2D eigenvalue weighted by Gasteiger charge is 2.12. The van der Waals surface area contributed by atoms with Gasteiger partial charge < -0.3 is 20.5 Å². The van der Waals surface area contributed by atoms with Gasteiger partial charge in [-0.2, -0.15) is 0 Å². The molecule has 7 heteroatoms. The van der Waals surface area contributed by atoms with Gasteiger partial charge in [-0.1, -0.05) is 32.0 Å². The molecule has 3 N–H and O–H groups in total. The topological polar surface area (TPSA) is 105 Å². The van der Waals surface area contributed by atoms with E-state index in [1.54, 1.807) is 12.1 Å². The zero-order valence-electron chi connectivity index (χ0n) is 15.9. The van der Waals surface area contributed by atoms with Crippen LogP contribution in [0.3, 0.4) is 0 Å². The lowest BCUT2D eigenvalue weighted by molar-refractivity contribution is -0.135. The van der Waals surface area contributed by atoms with E-state index in [0.29, 0.717) is 22.9 Å². The summed E-state index contributed by atoms with van der Waals surface area (Å²) in [6, 6.07) is 13.8. The summed E-state index contributed by atoms with van der Waals surface area (Å²) >= 11 is 0. The lowest BCUT2D eigenvalue weighted by atomic mass is 9.98. The Morgan fingerprint density at radius 1 is 1.07 bits per heavy atom. The zero-order valence-corrected chi connectivity index (χ0v) is 15.9. The maximum Gasteiger partial charge on any atom is 0.322 e. The Bertz CT molecular complexity index is 833. The zero-order chi connectivity index (χ0) is 20.5. The number of aliphatic carboxylic acids is 1. The van der Waals surface area contributed by atoms with Crippen LogP contribution in [-0.2, 0) is 9.59 Å². The summed E-state index contributed by atoms with van der Waals surface area (Å²) in [6.45, 7) is 3.62. The van der Waals surface area contributed by atoms with E-state index in [1.165, 1.54) is 12.1 Å². The summed E-state index contributed by atoms with van der Waals surface area (Å²) in [6.07, 6.45) is 0.971. The average molecular weight is 384 g/mol. The van der Waals surface area contributed by atoms with Crippen molar-refractivity contribution in [3.8, 4) is 5.75 Å². The van der Waals surface area contributed by atoms with Crippen LogP contribution < -0.4 is 15.4 Å². The molecule has 2 aromatic carbocycles. The number of carbonyl (C=O) groups is 3. The number of nitrogens with one attached hydrogen (secondary N) is 2. The fourth-order valence-corrected chi connectivity index (χ4v) is 2.54. The number of anilines is 1. The third-order valence-electron chi connectivity index (χ3n) is 4.25. The minimum absolute atomic E-state index is 0.131. The molecule has 7 nitrogen and oxygen atoms in total. The van der Waals surface area contributed by atoms with Gasteiger partial charge in [0.15, 0.2) is 6.61 Å². The first-order chi connectivity index (χ1) is 13.4. The molecule has 1 atom stereocenters. The van der Waals surface area contributed by atoms with Crippen molar-refractivity contribution in [2.45, 2.75) is 26.2 Å². The number of hydrogen-bond donors (Lipinski definition) is 3. The third-order valence-corrected chi connectivity index (χ3v) is 4.25. The Morgan fingerprint density at radius 3 is 2.39 bits per heavy atom. The van der Waals surface area contributed by atoms with Crippen molar-refractivity contribution in [1.82, 2.24) is 5.32 Å². The minimum atomic E-state index is -1.12. The summed E-state index contributed by atoms with van der Waals surface area (Å²) in [5.41, 5.74) is 1.88. The van der Waals surface area contributed by atoms with Crippen LogP contribution in [0.5, 0.6) is 5.75 Å². The van der Waals surface area contributed by atoms with Gasteiger partial charge in [0.05, 0.1) is 0 Å². The normalized spacial score (nSPS) is 11.4. The summed E-state index contributed by atoms with van der Waals surface area (Å²) in [5.74, 6) is -0.907. The molecule has 2 aromatic rings. The first-order valence-corrected chi connectivity index (χ1v) is 9.02. The summed E-state index contributed by atoms with van der Waals surface area (Å²) in [5, 5.41) is 13.5. The van der Waals surface area contributed by atoms with E-state index in [2.05, 4.69) is 24.5 Å². The molecule has 148 valence electrons. The summed E-state index contributed by atoms with van der Waals surface area (Å²) < 4.78 is 5.68. The van der Waals surface area contributed by atoms with Gasteiger partial charge in [-0.3, -0.25) is 14.4 Å². The van der Waals surface area contributed by atoms with Crippen molar-refractivity contribution in [3.63, 3.8) is 0 Å². The SMILES string of the molecule is CCC(C)c1ccccc1OCC(=O)Nc1ccc(C(=O)NCC(=O)O)cc1. The van der Waals surface area contributed by atoms with Gasteiger partial charge >= 0.3 is 5.97 Å². The minimum Gasteiger partial charge on any atom is -0.483 e. The molecule has 0 fully saturated rings. The summed E-state index contributed by atoms with van der Waals surface area (Å²) in [7, 11) is 0. The van der Waals surface area contributed by atoms with E-state index < -0.39 is 18.4 Å². The van der Waals surface area contributed by atoms with E-state index in [9.17, 15) is 14.4 Å². The number of rotatable bonds is 9. The van der Waals surface area contributed by atoms with Crippen molar-refractivity contribution in [2.24, 2.45) is 0 Å². The fourth-order valence-electron chi connectivity index (χ4n) is 2.54. The Balaban J connectivity index is 1.90. The van der Waals surface area contributed by atoms with Crippen LogP contribution in [0.25, 0.3) is 0 Å². The molecular weight excluding hydrogens is 360 g/mol. The molecule has 1 unspecified atom stereocenters. The van der Waals surface area contributed by atoms with Gasteiger partial charge in [-0.15, -0.1) is 0 Å². The van der Waals surface area contributed by atoms with E-state index in [-0.39, 0.29) is 12.5 Å². The third kappa shape index (κ3) is 6.12. The van der Waals surface area contributed by atoms with Crippen LogP contribution in [0.4, 0.5) is 5.69 Å². The van der Waals surface area contributed by atoms with E-state index in [4.69, 9.17) is 9.84 Å². The standard InChI is InChI=1S/C21H24N2O5/c1-3-14(2)17-6-4-5-7-18(17)28-13-19(24)23-16-10-8-15(9-11-16)21(27)22-12-20(25)26/h4-11,14H,3,12-13H2,1-2H3,(H,22,27)(H,23,24)(H,25,26). The van der Waals surface area contributed by atoms with Crippen molar-refractivity contribution >= 4 is 23.5 Å². The largest absolute Gasteiger partial charge is 0.483 e. The van der Waals surface area contributed by atoms with Gasteiger partial charge in [0.2, 0.25) is 0 Å². The van der Waals surface area contributed by atoms with Gasteiger partial charge in [0, 0.05) is 11.3 Å². The molecule has 0 saturated heterocycles. The van der Waals surface area contributed by atoms with Crippen molar-refractivity contribution < 1.29 is 24.2 Å². The second-order valence-electron chi connectivity index (χ2n) is 6.34. The van der Waals surface area contributed by atoms with Crippen LogP contribution in [0, 0.1) is 0 Å². The maximum absolute atomic E-state index is 12.2. The highest BCUT2D eigenvalue weighted by atomic mass is 16.5. The smallest absolute Gasteiger partial charge is 0.322 e. The second kappa shape index (κ2) is 10.1. The van der Waals surface area contributed by atoms with Crippen molar-refractivity contribution in [2.75, 3.05) is 18.5 Å². The number of para-hydroxylation sites is 1. The highest BCUT2D eigenvalue weighted by Crippen LogP contribution is 2.28. The van der Waals surface area contributed by atoms with Gasteiger partial charge in [0.25, 0.3) is 11.8 Å². The molecule has 0 aliphatic heterocycles. The van der Waals surface area contributed by atoms with E-state index in [0.717, 1.165) is 12.0 Å². The molecule has 2 amide bonds. The van der Waals surface area contributed by atoms with E-state index in [1.807, 2.05) is 24.3 Å². The monoisotopic (exact) mass is 384 g/mol. The highest BCUT2D eigenvalue weighted by molar-refractivity contribution is 5.97. The number of carboxylic acid groups (broad SMARTS) is 1. The molecule has 0 aromatic heterocycles. The quantitative estimate of drug-likeness (QED) is 0.616. The lowest BCUT2D eigenvalue weighted by Gasteiger charge is -2.15. The van der Waals surface area contributed by atoms with E-state index >= 15 is 0 Å². The predicted molar refractivity (Wildman–Crippen MR) is 106 cm³/mol. The lowest BCUT2D eigenvalue weighted by Crippen LogP contribution is -2.29. The number of carbonyl (C=O) groups excluding carboxylic acids is 2. The average Bonchev–Trinajstić information content (AvgIpc) is 2.70. The number of benzene rings is 2. The Hall–Kier alpha value is -3.35. The molecule has 0 radical (unpaired) electrons. The summed E-state index contributed by atoms with van der Waals surface area (Å²) in [4.78, 5) is 34.4. The van der Waals surface area contributed by atoms with Crippen LogP contribution >= 0.6 is 0 Å². The van der Waals surface area contributed by atoms with Gasteiger partial charge in [-0.05, 0) is 48.2 Å². The molecule has 0 aliphatic carbocycles. The number of ether oxygens (including phenoxy) is 1. The van der Waals surface area contributed by atoms with Crippen LogP contribution in [0.2, 0.25) is 0 Å². The second-order valence-corrected chi connectivity index (χ2v) is 6.34. The molecule has 0 heterocycles. The molecule has 2 rings (SSSR count). The van der Waals surface area contributed by atoms with Gasteiger partial charge in [0.1, 0.15) is 12.3 Å². The molecule has 0 bridgehead atoms. The van der Waals surface area contributed by atoms with Crippen molar-refractivity contribution in [3.05, 3.63) is 59.7 Å². The van der Waals surface area contributed by atoms with Crippen molar-refractivity contribution in [1.29, 1.82) is 0 Å². The van der Waals surface area contributed by atoms with Crippen LogP contribution in [-0.4, -0.2) is 36.0 Å². The molecule has 0 saturated carbocycles. The number of carboxylic acids is 1. The predicted octanol–water partition coefficient (Wildman–Crippen LogP) is 3.03. The Morgan fingerprint density at radius 2 is 1.75 bits per heavy atom. The number of amides is 2. The first kappa shape index (κ1) is 21.0.